The van der Waals surface area contributed by atoms with Gasteiger partial charge in [0.15, 0.2) is 6.10 Å². The summed E-state index contributed by atoms with van der Waals surface area (Å²) in [6, 6.07) is 3.17. The van der Waals surface area contributed by atoms with Crippen LogP contribution in [0.15, 0.2) is 23.1 Å². The number of nitrogens with zero attached hydrogens (tertiary/aromatic N) is 2. The van der Waals surface area contributed by atoms with E-state index in [9.17, 15) is 22.8 Å². The van der Waals surface area contributed by atoms with Crippen molar-refractivity contribution in [3.05, 3.63) is 28.8 Å². The number of ether oxygens (including phenoxy) is 1. The van der Waals surface area contributed by atoms with Crippen LogP contribution in [0.1, 0.15) is 31.1 Å². The molecule has 1 fully saturated rings. The third kappa shape index (κ3) is 4.45. The second kappa shape index (κ2) is 8.89. The molecule has 28 heavy (non-hydrogen) atoms. The van der Waals surface area contributed by atoms with Gasteiger partial charge in [-0.25, -0.2) is 18.0 Å². The lowest BCUT2D eigenvalue weighted by Crippen LogP contribution is -2.41. The largest absolute Gasteiger partial charge is 0.449 e. The van der Waals surface area contributed by atoms with E-state index < -0.39 is 34.0 Å². The van der Waals surface area contributed by atoms with Crippen LogP contribution < -0.4 is 5.32 Å². The molecular formula is C17H22ClN3O6S. The van der Waals surface area contributed by atoms with E-state index in [2.05, 4.69) is 5.32 Å². The van der Waals surface area contributed by atoms with Crippen molar-refractivity contribution < 1.29 is 27.5 Å². The molecule has 0 spiro atoms. The van der Waals surface area contributed by atoms with Gasteiger partial charge in [0.05, 0.1) is 10.6 Å². The Balaban J connectivity index is 2.22. The number of imide groups is 1. The fourth-order valence-electron chi connectivity index (χ4n) is 2.71. The van der Waals surface area contributed by atoms with E-state index in [1.807, 2.05) is 0 Å². The molecule has 0 aliphatic carbocycles. The summed E-state index contributed by atoms with van der Waals surface area (Å²) in [5.74, 6) is -1.55. The third-order valence-electron chi connectivity index (χ3n) is 4.24. The van der Waals surface area contributed by atoms with E-state index >= 15 is 0 Å². The Labute approximate surface area is 168 Å². The predicted octanol–water partition coefficient (Wildman–Crippen LogP) is 1.47. The number of carbonyl (C=O) groups excluding carboxylic acids is 3. The molecule has 1 saturated heterocycles. The number of carbonyl (C=O) groups is 3. The molecule has 1 aromatic rings. The van der Waals surface area contributed by atoms with Crippen molar-refractivity contribution in [1.82, 2.24) is 14.5 Å². The highest BCUT2D eigenvalue weighted by atomic mass is 35.5. The Hall–Kier alpha value is -2.17. The fourth-order valence-corrected chi connectivity index (χ4v) is 4.67. The summed E-state index contributed by atoms with van der Waals surface area (Å²) in [6.07, 6.45) is -1.21. The van der Waals surface area contributed by atoms with E-state index in [4.69, 9.17) is 16.3 Å². The molecule has 0 bridgehead atoms. The van der Waals surface area contributed by atoms with E-state index in [-0.39, 0.29) is 35.1 Å². The Morgan fingerprint density at radius 2 is 1.96 bits per heavy atom. The number of halogens is 1. The van der Waals surface area contributed by atoms with Crippen molar-refractivity contribution in [2.24, 2.45) is 0 Å². The van der Waals surface area contributed by atoms with Gasteiger partial charge >= 0.3 is 12.0 Å². The average Bonchev–Trinajstić information content (AvgIpc) is 3.07. The zero-order chi connectivity index (χ0) is 21.1. The van der Waals surface area contributed by atoms with Crippen molar-refractivity contribution in [3.8, 4) is 0 Å². The van der Waals surface area contributed by atoms with Crippen LogP contribution in [0.5, 0.6) is 0 Å². The van der Waals surface area contributed by atoms with Crippen LogP contribution in [0.2, 0.25) is 5.02 Å². The molecule has 1 atom stereocenters. The van der Waals surface area contributed by atoms with E-state index in [0.29, 0.717) is 6.54 Å². The Kier molecular flexibility index (Phi) is 7.02. The number of sulfonamides is 1. The van der Waals surface area contributed by atoms with Crippen molar-refractivity contribution in [3.63, 3.8) is 0 Å². The topological polar surface area (TPSA) is 113 Å². The summed E-state index contributed by atoms with van der Waals surface area (Å²) in [4.78, 5) is 36.9. The number of benzene rings is 1. The van der Waals surface area contributed by atoms with Gasteiger partial charge < -0.3 is 10.1 Å². The molecule has 1 aromatic carbocycles. The standard InChI is InChI=1S/C17H22ClN3O6S/c1-4-20(5-2)28(25,26)14-10-12(6-7-13(14)18)16(23)27-11(3)15(22)21-9-8-19-17(21)24/h6-7,10-11H,4-5,8-9H2,1-3H3,(H,19,24). The maximum atomic E-state index is 12.7. The molecule has 9 nitrogen and oxygen atoms in total. The average molecular weight is 432 g/mol. The predicted molar refractivity (Wildman–Crippen MR) is 102 cm³/mol. The van der Waals surface area contributed by atoms with Crippen molar-refractivity contribution >= 4 is 39.5 Å². The van der Waals surface area contributed by atoms with Gasteiger partial charge in [-0.05, 0) is 25.1 Å². The maximum Gasteiger partial charge on any atom is 0.338 e. The van der Waals surface area contributed by atoms with Crippen molar-refractivity contribution in [2.45, 2.75) is 31.8 Å². The first-order valence-corrected chi connectivity index (χ1v) is 10.5. The van der Waals surface area contributed by atoms with Gasteiger partial charge in [0.25, 0.3) is 5.91 Å². The highest BCUT2D eigenvalue weighted by Gasteiger charge is 2.32. The van der Waals surface area contributed by atoms with Crippen molar-refractivity contribution in [1.29, 1.82) is 0 Å². The van der Waals surface area contributed by atoms with Gasteiger partial charge in [-0.15, -0.1) is 0 Å². The zero-order valence-corrected chi connectivity index (χ0v) is 17.3. The van der Waals surface area contributed by atoms with E-state index in [1.54, 1.807) is 13.8 Å². The van der Waals surface area contributed by atoms with E-state index in [1.165, 1.54) is 23.4 Å². The summed E-state index contributed by atoms with van der Waals surface area (Å²) < 4.78 is 31.8. The smallest absolute Gasteiger partial charge is 0.338 e. The first kappa shape index (κ1) is 22.1. The monoisotopic (exact) mass is 431 g/mol. The van der Waals surface area contributed by atoms with Crippen LogP contribution in [0.3, 0.4) is 0 Å². The molecule has 1 aliphatic heterocycles. The molecule has 2 rings (SSSR count). The Morgan fingerprint density at radius 1 is 1.32 bits per heavy atom. The fraction of sp³-hybridized carbons (Fsp3) is 0.471. The minimum absolute atomic E-state index is 0.0266. The van der Waals surface area contributed by atoms with E-state index in [0.717, 1.165) is 11.0 Å². The van der Waals surface area contributed by atoms with Gasteiger partial charge in [0.2, 0.25) is 10.0 Å². The highest BCUT2D eigenvalue weighted by Crippen LogP contribution is 2.26. The van der Waals surface area contributed by atoms with Crippen LogP contribution in [0.4, 0.5) is 4.79 Å². The SMILES string of the molecule is CCN(CC)S(=O)(=O)c1cc(C(=O)OC(C)C(=O)N2CCNC2=O)ccc1Cl. The Bertz CT molecular complexity index is 885. The maximum absolute atomic E-state index is 12.7. The summed E-state index contributed by atoms with van der Waals surface area (Å²) >= 11 is 6.04. The molecule has 1 heterocycles. The number of nitrogens with one attached hydrogen (secondary N) is 1. The number of urea groups is 1. The molecule has 0 radical (unpaired) electrons. The molecule has 0 aromatic heterocycles. The van der Waals surface area contributed by atoms with Gasteiger partial charge in [-0.3, -0.25) is 9.69 Å². The minimum atomic E-state index is -3.89. The summed E-state index contributed by atoms with van der Waals surface area (Å²) in [6.45, 7) is 5.72. The lowest BCUT2D eigenvalue weighted by atomic mass is 10.2. The number of amides is 3. The second-order valence-electron chi connectivity index (χ2n) is 6.00. The molecule has 1 N–H and O–H groups in total. The Morgan fingerprint density at radius 3 is 2.50 bits per heavy atom. The van der Waals surface area contributed by atoms with Crippen LogP contribution in [0.25, 0.3) is 0 Å². The number of hydrogen-bond donors (Lipinski definition) is 1. The van der Waals surface area contributed by atoms with Gasteiger partial charge in [0, 0.05) is 26.2 Å². The molecule has 3 amide bonds. The number of rotatable bonds is 7. The van der Waals surface area contributed by atoms with Crippen LogP contribution >= 0.6 is 11.6 Å². The normalized spacial score (nSPS) is 15.5. The third-order valence-corrected chi connectivity index (χ3v) is 6.78. The molecule has 154 valence electrons. The highest BCUT2D eigenvalue weighted by molar-refractivity contribution is 7.89. The van der Waals surface area contributed by atoms with Gasteiger partial charge in [0.1, 0.15) is 4.90 Å². The molecular weight excluding hydrogens is 410 g/mol. The van der Waals surface area contributed by atoms with Crippen LogP contribution in [-0.4, -0.2) is 67.8 Å². The quantitative estimate of drug-likeness (QED) is 0.654. The molecule has 1 unspecified atom stereocenters. The van der Waals surface area contributed by atoms with Gasteiger partial charge in [-0.1, -0.05) is 25.4 Å². The molecule has 1 aliphatic rings. The molecule has 11 heteroatoms. The minimum Gasteiger partial charge on any atom is -0.449 e. The zero-order valence-electron chi connectivity index (χ0n) is 15.8. The number of esters is 1. The van der Waals surface area contributed by atoms with Crippen molar-refractivity contribution in [2.75, 3.05) is 26.2 Å². The number of hydrogen-bond acceptors (Lipinski definition) is 6. The van der Waals surface area contributed by atoms with Crippen LogP contribution in [0, 0.1) is 0 Å². The lowest BCUT2D eigenvalue weighted by molar-refractivity contribution is -0.136. The van der Waals surface area contributed by atoms with Gasteiger partial charge in [-0.2, -0.15) is 4.31 Å². The second-order valence-corrected chi connectivity index (χ2v) is 8.32. The first-order chi connectivity index (χ1) is 13.1. The summed E-state index contributed by atoms with van der Waals surface area (Å²) in [5.41, 5.74) is -0.0688. The summed E-state index contributed by atoms with van der Waals surface area (Å²) in [5, 5.41) is 2.46. The lowest BCUT2D eigenvalue weighted by Gasteiger charge is -2.20. The van der Waals surface area contributed by atoms with Crippen LogP contribution in [-0.2, 0) is 19.6 Å². The first-order valence-electron chi connectivity index (χ1n) is 8.73. The summed E-state index contributed by atoms with van der Waals surface area (Å²) in [7, 11) is -3.89. The molecule has 0 saturated carbocycles.